The fourth-order valence-corrected chi connectivity index (χ4v) is 6.72. The van der Waals surface area contributed by atoms with Crippen LogP contribution in [0.3, 0.4) is 0 Å². The predicted molar refractivity (Wildman–Crippen MR) is 137 cm³/mol. The SMILES string of the molecule is CCCC1CCC(c2ccc(-c3ccc(C4CCC(C(CC)OC)CC4)cc3F)c(F)c2)CC1. The van der Waals surface area contributed by atoms with Crippen molar-refractivity contribution in [1.82, 2.24) is 0 Å². The van der Waals surface area contributed by atoms with E-state index in [1.54, 1.807) is 31.4 Å². The number of methoxy groups -OCH3 is 1. The second-order valence-electron chi connectivity index (χ2n) is 10.8. The standard InChI is InChI=1S/C31H42F2O/c1-4-6-21-7-9-22(10-8-21)25-15-17-27(29(32)19-25)28-18-16-26(20-30(28)33)23-11-13-24(14-12-23)31(5-2)34-3/h15-24,31H,4-14H2,1-3H3. The van der Waals surface area contributed by atoms with E-state index in [1.807, 2.05) is 12.1 Å². The van der Waals surface area contributed by atoms with E-state index in [9.17, 15) is 0 Å². The Morgan fingerprint density at radius 3 is 1.68 bits per heavy atom. The Hall–Kier alpha value is -1.74. The average molecular weight is 469 g/mol. The number of hydrogen-bond donors (Lipinski definition) is 0. The van der Waals surface area contributed by atoms with Gasteiger partial charge in [0, 0.05) is 18.2 Å². The lowest BCUT2D eigenvalue weighted by Gasteiger charge is -2.33. The van der Waals surface area contributed by atoms with Crippen molar-refractivity contribution in [2.75, 3.05) is 7.11 Å². The number of ether oxygens (including phenoxy) is 1. The Bertz CT molecular complexity index is 919. The summed E-state index contributed by atoms with van der Waals surface area (Å²) in [7, 11) is 1.80. The first-order chi connectivity index (χ1) is 16.5. The zero-order valence-electron chi connectivity index (χ0n) is 21.3. The summed E-state index contributed by atoms with van der Waals surface area (Å²) in [5, 5.41) is 0. The van der Waals surface area contributed by atoms with E-state index < -0.39 is 0 Å². The van der Waals surface area contributed by atoms with Gasteiger partial charge >= 0.3 is 0 Å². The van der Waals surface area contributed by atoms with Crippen molar-refractivity contribution >= 4 is 0 Å². The van der Waals surface area contributed by atoms with Gasteiger partial charge in [-0.15, -0.1) is 0 Å². The largest absolute Gasteiger partial charge is 0.381 e. The van der Waals surface area contributed by atoms with E-state index in [0.29, 0.717) is 35.0 Å². The third-order valence-electron chi connectivity index (χ3n) is 8.77. The summed E-state index contributed by atoms with van der Waals surface area (Å²) in [5.41, 5.74) is 2.87. The van der Waals surface area contributed by atoms with Gasteiger partial charge in [-0.2, -0.15) is 0 Å². The van der Waals surface area contributed by atoms with Crippen molar-refractivity contribution in [2.24, 2.45) is 11.8 Å². The second-order valence-corrected chi connectivity index (χ2v) is 10.8. The van der Waals surface area contributed by atoms with Crippen LogP contribution in [0, 0.1) is 23.5 Å². The molecular formula is C31H42F2O. The van der Waals surface area contributed by atoms with Gasteiger partial charge in [-0.1, -0.05) is 51.0 Å². The van der Waals surface area contributed by atoms with Crippen LogP contribution in [-0.2, 0) is 4.74 Å². The molecule has 4 rings (SSSR count). The van der Waals surface area contributed by atoms with E-state index >= 15 is 8.78 Å². The Morgan fingerprint density at radius 2 is 1.26 bits per heavy atom. The maximum absolute atomic E-state index is 15.2. The molecule has 0 N–H and O–H groups in total. The van der Waals surface area contributed by atoms with Crippen molar-refractivity contribution in [3.05, 3.63) is 59.2 Å². The Balaban J connectivity index is 1.42. The highest BCUT2D eigenvalue weighted by atomic mass is 19.1. The minimum absolute atomic E-state index is 0.300. The molecule has 0 radical (unpaired) electrons. The van der Waals surface area contributed by atoms with Gasteiger partial charge in [0.15, 0.2) is 0 Å². The molecule has 0 aromatic heterocycles. The van der Waals surface area contributed by atoms with Gasteiger partial charge in [0.25, 0.3) is 0 Å². The second kappa shape index (κ2) is 11.8. The molecule has 0 bridgehead atoms. The van der Waals surface area contributed by atoms with E-state index in [4.69, 9.17) is 4.74 Å². The molecule has 0 aliphatic heterocycles. The summed E-state index contributed by atoms with van der Waals surface area (Å²) < 4.78 is 35.9. The van der Waals surface area contributed by atoms with Gasteiger partial charge in [-0.3, -0.25) is 0 Å². The van der Waals surface area contributed by atoms with Gasteiger partial charge in [0.2, 0.25) is 0 Å². The first kappa shape index (κ1) is 25.4. The van der Waals surface area contributed by atoms with Gasteiger partial charge in [0.05, 0.1) is 6.10 Å². The van der Waals surface area contributed by atoms with E-state index in [2.05, 4.69) is 13.8 Å². The van der Waals surface area contributed by atoms with Crippen LogP contribution in [0.15, 0.2) is 36.4 Å². The lowest BCUT2D eigenvalue weighted by molar-refractivity contribution is 0.0315. The predicted octanol–water partition coefficient (Wildman–Crippen LogP) is 9.40. The summed E-state index contributed by atoms with van der Waals surface area (Å²) in [6.45, 7) is 4.43. The Kier molecular flexibility index (Phi) is 8.80. The van der Waals surface area contributed by atoms with Crippen molar-refractivity contribution in [2.45, 2.75) is 102 Å². The summed E-state index contributed by atoms with van der Waals surface area (Å²) in [6.07, 6.45) is 13.1. The summed E-state index contributed by atoms with van der Waals surface area (Å²) in [4.78, 5) is 0. The molecule has 2 aliphatic carbocycles. The molecule has 3 heteroatoms. The monoisotopic (exact) mass is 468 g/mol. The smallest absolute Gasteiger partial charge is 0.131 e. The normalized spacial score (nSPS) is 26.4. The highest BCUT2D eigenvalue weighted by Gasteiger charge is 2.28. The quantitative estimate of drug-likeness (QED) is 0.375. The van der Waals surface area contributed by atoms with Crippen molar-refractivity contribution in [1.29, 1.82) is 0 Å². The summed E-state index contributed by atoms with van der Waals surface area (Å²) in [6, 6.07) is 10.9. The minimum Gasteiger partial charge on any atom is -0.381 e. The lowest BCUT2D eigenvalue weighted by Crippen LogP contribution is -2.26. The maximum Gasteiger partial charge on any atom is 0.131 e. The number of hydrogen-bond acceptors (Lipinski definition) is 1. The van der Waals surface area contributed by atoms with Gasteiger partial charge < -0.3 is 4.74 Å². The van der Waals surface area contributed by atoms with Gasteiger partial charge in [-0.25, -0.2) is 8.78 Å². The molecule has 2 fully saturated rings. The van der Waals surface area contributed by atoms with Crippen LogP contribution in [0.2, 0.25) is 0 Å². The molecule has 1 atom stereocenters. The van der Waals surface area contributed by atoms with Crippen molar-refractivity contribution < 1.29 is 13.5 Å². The Morgan fingerprint density at radius 1 is 0.765 bits per heavy atom. The highest BCUT2D eigenvalue weighted by molar-refractivity contribution is 5.66. The Labute approximate surface area is 205 Å². The molecule has 2 aromatic rings. The minimum atomic E-state index is -0.310. The molecule has 2 aliphatic rings. The molecule has 1 unspecified atom stereocenters. The van der Waals surface area contributed by atoms with E-state index in [1.165, 1.54) is 25.7 Å². The molecule has 1 nitrogen and oxygen atoms in total. The average Bonchev–Trinajstić information content (AvgIpc) is 2.86. The molecular weight excluding hydrogens is 426 g/mol. The van der Waals surface area contributed by atoms with Gasteiger partial charge in [0.1, 0.15) is 11.6 Å². The van der Waals surface area contributed by atoms with Crippen LogP contribution in [0.25, 0.3) is 11.1 Å². The van der Waals surface area contributed by atoms with E-state index in [-0.39, 0.29) is 11.6 Å². The fourth-order valence-electron chi connectivity index (χ4n) is 6.72. The third kappa shape index (κ3) is 5.73. The molecule has 0 spiro atoms. The van der Waals surface area contributed by atoms with Crippen LogP contribution < -0.4 is 0 Å². The number of rotatable bonds is 8. The zero-order valence-corrected chi connectivity index (χ0v) is 21.3. The number of halogens is 2. The molecule has 2 saturated carbocycles. The molecule has 34 heavy (non-hydrogen) atoms. The maximum atomic E-state index is 15.2. The van der Waals surface area contributed by atoms with Crippen molar-refractivity contribution in [3.63, 3.8) is 0 Å². The van der Waals surface area contributed by atoms with Gasteiger partial charge in [-0.05, 0) is 105 Å². The summed E-state index contributed by atoms with van der Waals surface area (Å²) >= 11 is 0. The molecule has 186 valence electrons. The molecule has 2 aromatic carbocycles. The zero-order chi connectivity index (χ0) is 24.1. The third-order valence-corrected chi connectivity index (χ3v) is 8.77. The van der Waals surface area contributed by atoms with Crippen LogP contribution in [0.5, 0.6) is 0 Å². The summed E-state index contributed by atoms with van der Waals surface area (Å²) in [5.74, 6) is 1.64. The fraction of sp³-hybridized carbons (Fsp3) is 0.613. The topological polar surface area (TPSA) is 9.23 Å². The molecule has 0 amide bonds. The highest BCUT2D eigenvalue weighted by Crippen LogP contribution is 2.41. The van der Waals surface area contributed by atoms with Crippen LogP contribution in [0.1, 0.15) is 107 Å². The molecule has 0 heterocycles. The van der Waals surface area contributed by atoms with Crippen LogP contribution in [0.4, 0.5) is 8.78 Å². The van der Waals surface area contributed by atoms with Crippen molar-refractivity contribution in [3.8, 4) is 11.1 Å². The number of benzene rings is 2. The van der Waals surface area contributed by atoms with Crippen LogP contribution in [-0.4, -0.2) is 13.2 Å². The lowest BCUT2D eigenvalue weighted by atomic mass is 9.76. The first-order valence-electron chi connectivity index (χ1n) is 13.7. The molecule has 0 saturated heterocycles. The van der Waals surface area contributed by atoms with Crippen LogP contribution >= 0.6 is 0 Å². The van der Waals surface area contributed by atoms with E-state index in [0.717, 1.165) is 62.0 Å². The first-order valence-corrected chi connectivity index (χ1v) is 13.7.